The summed E-state index contributed by atoms with van der Waals surface area (Å²) in [5.74, 6) is 1.27. The van der Waals surface area contributed by atoms with E-state index in [2.05, 4.69) is 78.6 Å². The molecule has 0 heterocycles. The van der Waals surface area contributed by atoms with Gasteiger partial charge >= 0.3 is 0 Å². The highest BCUT2D eigenvalue weighted by atomic mass is 16.2. The van der Waals surface area contributed by atoms with E-state index in [-0.39, 0.29) is 5.91 Å². The molecule has 0 N–H and O–H groups in total. The molecular weight excluding hydrogens is 402 g/mol. The molecule has 0 saturated heterocycles. The Balaban J connectivity index is 1.43. The molecule has 1 amide bonds. The number of rotatable bonds is 7. The van der Waals surface area contributed by atoms with E-state index in [1.807, 2.05) is 6.07 Å². The molecule has 0 spiro atoms. The van der Waals surface area contributed by atoms with Crippen LogP contribution in [0, 0.1) is 5.92 Å². The van der Waals surface area contributed by atoms with Crippen LogP contribution >= 0.6 is 0 Å². The fourth-order valence-electron chi connectivity index (χ4n) is 5.85. The Kier molecular flexibility index (Phi) is 6.62. The Morgan fingerprint density at radius 3 is 2.42 bits per heavy atom. The number of amides is 1. The first kappa shape index (κ1) is 21.9. The number of hydrogen-bond acceptors (Lipinski definition) is 1. The van der Waals surface area contributed by atoms with Crippen molar-refractivity contribution in [2.75, 3.05) is 13.1 Å². The van der Waals surface area contributed by atoms with Crippen molar-refractivity contribution in [3.05, 3.63) is 95.1 Å². The van der Waals surface area contributed by atoms with Crippen LogP contribution in [0.4, 0.5) is 0 Å². The second kappa shape index (κ2) is 9.95. The van der Waals surface area contributed by atoms with Crippen molar-refractivity contribution in [1.82, 2.24) is 4.90 Å². The number of carbonyl (C=O) groups is 1. The smallest absolute Gasteiger partial charge is 0.254 e. The fraction of sp³-hybridized carbons (Fsp3) is 0.387. The summed E-state index contributed by atoms with van der Waals surface area (Å²) in [4.78, 5) is 16.2. The van der Waals surface area contributed by atoms with Crippen molar-refractivity contribution in [3.8, 4) is 11.1 Å². The van der Waals surface area contributed by atoms with Gasteiger partial charge in [0, 0.05) is 18.7 Å². The molecule has 3 aromatic carbocycles. The third kappa shape index (κ3) is 4.76. The summed E-state index contributed by atoms with van der Waals surface area (Å²) in [6.45, 7) is 3.87. The van der Waals surface area contributed by atoms with Crippen LogP contribution in [0.3, 0.4) is 0 Å². The van der Waals surface area contributed by atoms with Gasteiger partial charge in [0.2, 0.25) is 0 Å². The molecule has 1 saturated carbocycles. The second-order valence-corrected chi connectivity index (χ2v) is 10.0. The summed E-state index contributed by atoms with van der Waals surface area (Å²) in [6, 6.07) is 25.5. The third-order valence-electron chi connectivity index (χ3n) is 7.73. The zero-order valence-electron chi connectivity index (χ0n) is 19.8. The zero-order chi connectivity index (χ0) is 22.6. The van der Waals surface area contributed by atoms with Gasteiger partial charge in [-0.25, -0.2) is 0 Å². The van der Waals surface area contributed by atoms with Crippen molar-refractivity contribution >= 4 is 5.91 Å². The molecule has 2 heteroatoms. The Hall–Kier alpha value is -2.87. The highest BCUT2D eigenvalue weighted by Crippen LogP contribution is 2.39. The van der Waals surface area contributed by atoms with Crippen molar-refractivity contribution in [2.24, 2.45) is 5.92 Å². The lowest BCUT2D eigenvalue weighted by molar-refractivity contribution is 0.0734. The van der Waals surface area contributed by atoms with E-state index in [1.165, 1.54) is 54.4 Å². The largest absolute Gasteiger partial charge is 0.338 e. The van der Waals surface area contributed by atoms with E-state index in [0.717, 1.165) is 43.0 Å². The van der Waals surface area contributed by atoms with E-state index >= 15 is 0 Å². The molecule has 0 aromatic heterocycles. The first-order valence-electron chi connectivity index (χ1n) is 12.7. The van der Waals surface area contributed by atoms with Gasteiger partial charge in [-0.1, -0.05) is 106 Å². The number of carbonyl (C=O) groups excluding carboxylic acids is 1. The van der Waals surface area contributed by atoms with Gasteiger partial charge in [-0.2, -0.15) is 0 Å². The number of hydrogen-bond donors (Lipinski definition) is 0. The minimum Gasteiger partial charge on any atom is -0.338 e. The summed E-state index contributed by atoms with van der Waals surface area (Å²) in [5, 5.41) is 0. The molecular formula is C31H35NO. The summed E-state index contributed by atoms with van der Waals surface area (Å²) in [6.07, 6.45) is 8.77. The van der Waals surface area contributed by atoms with Crippen LogP contribution in [0.25, 0.3) is 11.1 Å². The molecule has 170 valence electrons. The van der Waals surface area contributed by atoms with Gasteiger partial charge < -0.3 is 4.90 Å². The number of benzene rings is 3. The maximum atomic E-state index is 14.1. The minimum absolute atomic E-state index is 0.196. The molecule has 2 aliphatic rings. The Labute approximate surface area is 198 Å². The topological polar surface area (TPSA) is 20.3 Å². The van der Waals surface area contributed by atoms with E-state index < -0.39 is 0 Å². The molecule has 5 rings (SSSR count). The van der Waals surface area contributed by atoms with Gasteiger partial charge in [0.05, 0.1) is 0 Å². The van der Waals surface area contributed by atoms with Gasteiger partial charge in [0.1, 0.15) is 0 Å². The molecule has 33 heavy (non-hydrogen) atoms. The predicted octanol–water partition coefficient (Wildman–Crippen LogP) is 7.47. The first-order chi connectivity index (χ1) is 16.2. The molecule has 0 radical (unpaired) electrons. The average Bonchev–Trinajstić information content (AvgIpc) is 3.26. The van der Waals surface area contributed by atoms with E-state index in [4.69, 9.17) is 0 Å². The van der Waals surface area contributed by atoms with Gasteiger partial charge in [0.25, 0.3) is 5.91 Å². The quantitative estimate of drug-likeness (QED) is 0.293. The predicted molar refractivity (Wildman–Crippen MR) is 137 cm³/mol. The van der Waals surface area contributed by atoms with Crippen LogP contribution in [-0.4, -0.2) is 23.9 Å². The molecule has 2 aliphatic carbocycles. The first-order valence-corrected chi connectivity index (χ1v) is 12.7. The normalized spacial score (nSPS) is 16.2. The van der Waals surface area contributed by atoms with Crippen molar-refractivity contribution < 1.29 is 4.79 Å². The van der Waals surface area contributed by atoms with Crippen LogP contribution in [0.15, 0.2) is 72.8 Å². The monoisotopic (exact) mass is 437 g/mol. The maximum absolute atomic E-state index is 14.1. The van der Waals surface area contributed by atoms with Crippen molar-refractivity contribution in [2.45, 2.75) is 57.8 Å². The van der Waals surface area contributed by atoms with Gasteiger partial charge in [-0.3, -0.25) is 4.79 Å². The highest BCUT2D eigenvalue weighted by molar-refractivity contribution is 6.03. The summed E-state index contributed by atoms with van der Waals surface area (Å²) >= 11 is 0. The zero-order valence-corrected chi connectivity index (χ0v) is 19.8. The Bertz CT molecular complexity index is 1100. The number of fused-ring (bicyclic) bond motifs is 3. The number of nitrogens with zero attached hydrogens (tertiary/aromatic N) is 1. The van der Waals surface area contributed by atoms with Crippen LogP contribution in [-0.2, 0) is 6.42 Å². The fourth-order valence-corrected chi connectivity index (χ4v) is 5.85. The SMILES string of the molecule is CC(CN(CCC1CCCCC1)C(=O)c1cccc2c1-c1ccccc1C2)c1ccccc1. The van der Waals surface area contributed by atoms with Gasteiger partial charge in [-0.15, -0.1) is 0 Å². The van der Waals surface area contributed by atoms with Crippen LogP contribution in [0.2, 0.25) is 0 Å². The maximum Gasteiger partial charge on any atom is 0.254 e. The van der Waals surface area contributed by atoms with E-state index in [1.54, 1.807) is 0 Å². The van der Waals surface area contributed by atoms with Crippen LogP contribution < -0.4 is 0 Å². The lowest BCUT2D eigenvalue weighted by Gasteiger charge is -2.30. The van der Waals surface area contributed by atoms with E-state index in [0.29, 0.717) is 5.92 Å². The van der Waals surface area contributed by atoms with Crippen molar-refractivity contribution in [1.29, 1.82) is 0 Å². The van der Waals surface area contributed by atoms with E-state index in [9.17, 15) is 4.79 Å². The summed E-state index contributed by atoms with van der Waals surface area (Å²) in [7, 11) is 0. The average molecular weight is 438 g/mol. The van der Waals surface area contributed by atoms with Crippen LogP contribution in [0.1, 0.15) is 78.4 Å². The molecule has 3 aromatic rings. The van der Waals surface area contributed by atoms with Gasteiger partial charge in [0.15, 0.2) is 0 Å². The summed E-state index contributed by atoms with van der Waals surface area (Å²) in [5.41, 5.74) is 7.19. The third-order valence-corrected chi connectivity index (χ3v) is 7.73. The molecule has 2 nitrogen and oxygen atoms in total. The Morgan fingerprint density at radius 2 is 1.61 bits per heavy atom. The lowest BCUT2D eigenvalue weighted by atomic mass is 9.86. The highest BCUT2D eigenvalue weighted by Gasteiger charge is 2.28. The second-order valence-electron chi connectivity index (χ2n) is 10.0. The molecule has 1 fully saturated rings. The summed E-state index contributed by atoms with van der Waals surface area (Å²) < 4.78 is 0. The standard InChI is InChI=1S/C31H35NO/c1-23(25-13-6-3-7-14-25)22-32(20-19-24-11-4-2-5-12-24)31(33)29-18-10-16-27-21-26-15-8-9-17-28(26)30(27)29/h3,6-10,13-18,23-24H,2,4-5,11-12,19-22H2,1H3. The minimum atomic E-state index is 0.196. The molecule has 0 aliphatic heterocycles. The lowest BCUT2D eigenvalue weighted by Crippen LogP contribution is -2.36. The van der Waals surface area contributed by atoms with Gasteiger partial charge in [-0.05, 0) is 58.6 Å². The molecule has 1 unspecified atom stereocenters. The van der Waals surface area contributed by atoms with Crippen LogP contribution in [0.5, 0.6) is 0 Å². The molecule has 0 bridgehead atoms. The van der Waals surface area contributed by atoms with Crippen molar-refractivity contribution in [3.63, 3.8) is 0 Å². The molecule has 1 atom stereocenters. The Morgan fingerprint density at radius 1 is 0.879 bits per heavy atom.